The first-order valence-corrected chi connectivity index (χ1v) is 6.25. The molecule has 1 aromatic carbocycles. The molecule has 0 atom stereocenters. The number of nitrogens with zero attached hydrogens (tertiary/aromatic N) is 2. The Morgan fingerprint density at radius 2 is 2.20 bits per heavy atom. The number of para-hydroxylation sites is 2. The molecule has 0 spiro atoms. The summed E-state index contributed by atoms with van der Waals surface area (Å²) < 4.78 is 11.9. The number of imidazole rings is 1. The minimum Gasteiger partial charge on any atom is -0.382 e. The molecule has 0 bridgehead atoms. The van der Waals surface area contributed by atoms with E-state index in [4.69, 9.17) is 9.47 Å². The number of rotatable bonds is 7. The van der Waals surface area contributed by atoms with E-state index >= 15 is 0 Å². The number of hydrogen-bond donors (Lipinski definition) is 1. The molecule has 1 N–H and O–H groups in total. The van der Waals surface area contributed by atoms with E-state index in [9.17, 15) is 4.79 Å². The Labute approximate surface area is 117 Å². The summed E-state index contributed by atoms with van der Waals surface area (Å²) in [6.45, 7) is 0.869. The average Bonchev–Trinajstić information content (AvgIpc) is 2.98. The van der Waals surface area contributed by atoms with Gasteiger partial charge < -0.3 is 19.4 Å². The normalized spacial score (nSPS) is 10.4. The van der Waals surface area contributed by atoms with Gasteiger partial charge in [0.15, 0.2) is 0 Å². The maximum absolute atomic E-state index is 11.8. The van der Waals surface area contributed by atoms with Crippen molar-refractivity contribution in [3.63, 3.8) is 0 Å². The van der Waals surface area contributed by atoms with Gasteiger partial charge in [-0.25, -0.2) is 4.98 Å². The van der Waals surface area contributed by atoms with Gasteiger partial charge in [-0.1, -0.05) is 12.1 Å². The van der Waals surface area contributed by atoms with Gasteiger partial charge in [-0.05, 0) is 12.1 Å². The smallest absolute Gasteiger partial charge is 0.250 e. The second-order valence-corrected chi connectivity index (χ2v) is 4.08. The van der Waals surface area contributed by atoms with Gasteiger partial charge in [-0.3, -0.25) is 4.79 Å². The van der Waals surface area contributed by atoms with Crippen molar-refractivity contribution in [3.8, 4) is 5.69 Å². The summed E-state index contributed by atoms with van der Waals surface area (Å²) in [4.78, 5) is 15.8. The van der Waals surface area contributed by atoms with Gasteiger partial charge in [0.25, 0.3) is 0 Å². The van der Waals surface area contributed by atoms with Crippen molar-refractivity contribution < 1.29 is 14.3 Å². The zero-order chi connectivity index (χ0) is 14.2. The van der Waals surface area contributed by atoms with Gasteiger partial charge >= 0.3 is 0 Å². The maximum Gasteiger partial charge on any atom is 0.250 e. The summed E-state index contributed by atoms with van der Waals surface area (Å²) >= 11 is 0. The predicted molar refractivity (Wildman–Crippen MR) is 74.9 cm³/mol. The first-order chi connectivity index (χ1) is 9.81. The molecule has 0 aliphatic rings. The topological polar surface area (TPSA) is 65.4 Å². The molecule has 1 heterocycles. The van der Waals surface area contributed by atoms with Crippen LogP contribution in [-0.4, -0.2) is 42.4 Å². The number of amides is 1. The fourth-order valence-electron chi connectivity index (χ4n) is 1.70. The van der Waals surface area contributed by atoms with E-state index < -0.39 is 0 Å². The quantitative estimate of drug-likeness (QED) is 0.777. The van der Waals surface area contributed by atoms with Crippen LogP contribution in [0.25, 0.3) is 5.69 Å². The van der Waals surface area contributed by atoms with Crippen molar-refractivity contribution in [2.75, 3.05) is 32.2 Å². The van der Waals surface area contributed by atoms with Crippen molar-refractivity contribution >= 4 is 11.6 Å². The lowest BCUT2D eigenvalue weighted by molar-refractivity contribution is -0.121. The molecule has 0 aliphatic heterocycles. The van der Waals surface area contributed by atoms with E-state index in [1.807, 2.05) is 35.0 Å². The molecule has 106 valence electrons. The third-order valence-corrected chi connectivity index (χ3v) is 2.63. The summed E-state index contributed by atoms with van der Waals surface area (Å²) in [7, 11) is 1.59. The standard InChI is InChI=1S/C14H17N3O3/c1-19-8-9-20-10-14(18)16-12-4-2-3-5-13(12)17-7-6-15-11-17/h2-7,11H,8-10H2,1H3,(H,16,18). The molecule has 6 heteroatoms. The van der Waals surface area contributed by atoms with Crippen LogP contribution in [0.15, 0.2) is 43.0 Å². The fourth-order valence-corrected chi connectivity index (χ4v) is 1.70. The van der Waals surface area contributed by atoms with E-state index in [1.54, 1.807) is 19.6 Å². The molecule has 1 amide bonds. The molecular formula is C14H17N3O3. The molecule has 1 aromatic heterocycles. The highest BCUT2D eigenvalue weighted by Crippen LogP contribution is 2.19. The molecule has 6 nitrogen and oxygen atoms in total. The third-order valence-electron chi connectivity index (χ3n) is 2.63. The molecule has 0 saturated heterocycles. The minimum absolute atomic E-state index is 0.00161. The molecule has 0 aliphatic carbocycles. The summed E-state index contributed by atoms with van der Waals surface area (Å²) in [5.74, 6) is -0.200. The van der Waals surface area contributed by atoms with Crippen molar-refractivity contribution in [2.24, 2.45) is 0 Å². The number of carbonyl (C=O) groups is 1. The van der Waals surface area contributed by atoms with Gasteiger partial charge in [0, 0.05) is 19.5 Å². The second-order valence-electron chi connectivity index (χ2n) is 4.08. The van der Waals surface area contributed by atoms with Crippen LogP contribution in [0.2, 0.25) is 0 Å². The molecule has 0 unspecified atom stereocenters. The number of nitrogens with one attached hydrogen (secondary N) is 1. The molecule has 0 radical (unpaired) electrons. The van der Waals surface area contributed by atoms with Crippen molar-refractivity contribution in [1.29, 1.82) is 0 Å². The molecule has 0 saturated carbocycles. The van der Waals surface area contributed by atoms with Crippen molar-refractivity contribution in [1.82, 2.24) is 9.55 Å². The zero-order valence-corrected chi connectivity index (χ0v) is 11.3. The largest absolute Gasteiger partial charge is 0.382 e. The number of ether oxygens (including phenoxy) is 2. The highest BCUT2D eigenvalue weighted by Gasteiger charge is 2.07. The Kier molecular flexibility index (Phi) is 5.28. The Balaban J connectivity index is 1.97. The van der Waals surface area contributed by atoms with E-state index in [1.165, 1.54) is 0 Å². The van der Waals surface area contributed by atoms with E-state index in [-0.39, 0.29) is 12.5 Å². The van der Waals surface area contributed by atoms with E-state index in [0.717, 1.165) is 5.69 Å². The molecule has 2 rings (SSSR count). The van der Waals surface area contributed by atoms with Crippen LogP contribution in [0, 0.1) is 0 Å². The van der Waals surface area contributed by atoms with Crippen LogP contribution in [0.1, 0.15) is 0 Å². The van der Waals surface area contributed by atoms with Gasteiger partial charge in [-0.15, -0.1) is 0 Å². The lowest BCUT2D eigenvalue weighted by atomic mass is 10.2. The van der Waals surface area contributed by atoms with Gasteiger partial charge in [0.1, 0.15) is 6.61 Å². The number of benzene rings is 1. The Morgan fingerprint density at radius 1 is 1.35 bits per heavy atom. The Hall–Kier alpha value is -2.18. The van der Waals surface area contributed by atoms with E-state index in [2.05, 4.69) is 10.3 Å². The summed E-state index contributed by atoms with van der Waals surface area (Å²) in [5.41, 5.74) is 1.57. The Morgan fingerprint density at radius 3 is 2.95 bits per heavy atom. The number of carbonyl (C=O) groups excluding carboxylic acids is 1. The van der Waals surface area contributed by atoms with Crippen LogP contribution >= 0.6 is 0 Å². The molecule has 0 fully saturated rings. The van der Waals surface area contributed by atoms with Gasteiger partial charge in [0.2, 0.25) is 5.91 Å². The number of methoxy groups -OCH3 is 1. The van der Waals surface area contributed by atoms with Crippen LogP contribution in [0.5, 0.6) is 0 Å². The predicted octanol–water partition coefficient (Wildman–Crippen LogP) is 1.47. The van der Waals surface area contributed by atoms with Crippen molar-refractivity contribution in [2.45, 2.75) is 0 Å². The summed E-state index contributed by atoms with van der Waals surface area (Å²) in [6, 6.07) is 7.51. The highest BCUT2D eigenvalue weighted by atomic mass is 16.5. The molecular weight excluding hydrogens is 258 g/mol. The van der Waals surface area contributed by atoms with Gasteiger partial charge in [0.05, 0.1) is 30.9 Å². The second kappa shape index (κ2) is 7.42. The summed E-state index contributed by atoms with van der Waals surface area (Å²) in [6.07, 6.45) is 5.19. The van der Waals surface area contributed by atoms with Crippen LogP contribution < -0.4 is 5.32 Å². The lowest BCUT2D eigenvalue weighted by Gasteiger charge is -2.11. The molecule has 20 heavy (non-hydrogen) atoms. The SMILES string of the molecule is COCCOCC(=O)Nc1ccccc1-n1ccnc1. The van der Waals surface area contributed by atoms with Gasteiger partial charge in [-0.2, -0.15) is 0 Å². The Bertz CT molecular complexity index is 540. The summed E-state index contributed by atoms with van der Waals surface area (Å²) in [5, 5.41) is 2.82. The first kappa shape index (κ1) is 14.2. The monoisotopic (exact) mass is 275 g/mol. The number of aromatic nitrogens is 2. The number of hydrogen-bond acceptors (Lipinski definition) is 4. The minimum atomic E-state index is -0.200. The zero-order valence-electron chi connectivity index (χ0n) is 11.3. The average molecular weight is 275 g/mol. The van der Waals surface area contributed by atoms with E-state index in [0.29, 0.717) is 18.9 Å². The fraction of sp³-hybridized carbons (Fsp3) is 0.286. The van der Waals surface area contributed by atoms with Crippen LogP contribution in [0.3, 0.4) is 0 Å². The third kappa shape index (κ3) is 3.91. The van der Waals surface area contributed by atoms with Crippen LogP contribution in [-0.2, 0) is 14.3 Å². The lowest BCUT2D eigenvalue weighted by Crippen LogP contribution is -2.20. The van der Waals surface area contributed by atoms with Crippen molar-refractivity contribution in [3.05, 3.63) is 43.0 Å². The first-order valence-electron chi connectivity index (χ1n) is 6.25. The maximum atomic E-state index is 11.8. The molecule has 2 aromatic rings. The van der Waals surface area contributed by atoms with Crippen LogP contribution in [0.4, 0.5) is 5.69 Å². The number of anilines is 1. The highest BCUT2D eigenvalue weighted by molar-refractivity contribution is 5.93.